The first-order valence-electron chi connectivity index (χ1n) is 5.85. The molecule has 0 spiro atoms. The summed E-state index contributed by atoms with van der Waals surface area (Å²) in [5.41, 5.74) is 5.92. The number of benzene rings is 1. The molecule has 1 atom stereocenters. The number of carbonyl (C=O) groups is 1. The highest BCUT2D eigenvalue weighted by atomic mass is 16.5. The molecule has 2 rings (SSSR count). The second-order valence-electron chi connectivity index (χ2n) is 4.44. The van der Waals surface area contributed by atoms with Crippen molar-refractivity contribution in [1.29, 1.82) is 5.26 Å². The average molecular weight is 261 g/mol. The van der Waals surface area contributed by atoms with Crippen molar-refractivity contribution in [2.75, 3.05) is 25.6 Å². The van der Waals surface area contributed by atoms with Gasteiger partial charge in [0, 0.05) is 12.7 Å². The van der Waals surface area contributed by atoms with Crippen LogP contribution in [0.1, 0.15) is 12.0 Å². The Hall–Kier alpha value is -2.10. The molecule has 100 valence electrons. The number of nitrogens with one attached hydrogen (secondary N) is 1. The van der Waals surface area contributed by atoms with E-state index in [9.17, 15) is 4.79 Å². The Labute approximate surface area is 111 Å². The minimum absolute atomic E-state index is 0.206. The lowest BCUT2D eigenvalue weighted by Crippen LogP contribution is -2.51. The quantitative estimate of drug-likeness (QED) is 0.831. The number of amides is 1. The minimum atomic E-state index is -1.00. The summed E-state index contributed by atoms with van der Waals surface area (Å²) >= 11 is 0. The fraction of sp³-hybridized carbons (Fsp3) is 0.385. The number of rotatable bonds is 3. The number of hydrogen-bond donors (Lipinski definition) is 2. The molecule has 1 aromatic carbocycles. The van der Waals surface area contributed by atoms with Crippen LogP contribution in [-0.4, -0.2) is 31.8 Å². The van der Waals surface area contributed by atoms with Crippen LogP contribution in [0, 0.1) is 11.3 Å². The maximum Gasteiger partial charge on any atom is 0.247 e. The van der Waals surface area contributed by atoms with Gasteiger partial charge in [0.1, 0.15) is 11.3 Å². The Bertz CT molecular complexity index is 530. The fourth-order valence-electron chi connectivity index (χ4n) is 1.87. The van der Waals surface area contributed by atoms with Crippen LogP contribution in [-0.2, 0) is 9.53 Å². The Balaban J connectivity index is 2.19. The minimum Gasteiger partial charge on any atom is -0.495 e. The molecule has 0 aliphatic carbocycles. The van der Waals surface area contributed by atoms with Gasteiger partial charge in [0.2, 0.25) is 5.91 Å². The molecule has 0 bridgehead atoms. The van der Waals surface area contributed by atoms with Crippen LogP contribution in [0.3, 0.4) is 0 Å². The smallest absolute Gasteiger partial charge is 0.247 e. The fourth-order valence-corrected chi connectivity index (χ4v) is 1.87. The van der Waals surface area contributed by atoms with Gasteiger partial charge in [-0.1, -0.05) is 0 Å². The highest BCUT2D eigenvalue weighted by Gasteiger charge is 2.38. The Morgan fingerprint density at radius 3 is 3.00 bits per heavy atom. The normalized spacial score (nSPS) is 21.7. The molecule has 1 aromatic rings. The standard InChI is InChI=1S/C13H15N3O3/c1-18-11-6-9(7-14)2-3-10(11)16-12(17)13(15)4-5-19-8-13/h2-3,6H,4-5,8,15H2,1H3,(H,16,17). The number of nitrogens with two attached hydrogens (primary N) is 1. The number of nitrogens with zero attached hydrogens (tertiary/aromatic N) is 1. The zero-order valence-electron chi connectivity index (χ0n) is 10.6. The van der Waals surface area contributed by atoms with Crippen molar-refractivity contribution in [3.63, 3.8) is 0 Å². The first-order chi connectivity index (χ1) is 9.09. The van der Waals surface area contributed by atoms with Crippen molar-refractivity contribution in [3.8, 4) is 11.8 Å². The molecular weight excluding hydrogens is 246 g/mol. The third-order valence-corrected chi connectivity index (χ3v) is 3.08. The lowest BCUT2D eigenvalue weighted by Gasteiger charge is -2.21. The van der Waals surface area contributed by atoms with Gasteiger partial charge in [0.05, 0.1) is 31.0 Å². The van der Waals surface area contributed by atoms with E-state index in [2.05, 4.69) is 5.32 Å². The van der Waals surface area contributed by atoms with E-state index in [1.807, 2.05) is 6.07 Å². The summed E-state index contributed by atoms with van der Waals surface area (Å²) in [6, 6.07) is 6.79. The van der Waals surface area contributed by atoms with Gasteiger partial charge in [-0.25, -0.2) is 0 Å². The predicted octanol–water partition coefficient (Wildman–Crippen LogP) is 0.623. The number of anilines is 1. The van der Waals surface area contributed by atoms with Gasteiger partial charge in [0.15, 0.2) is 0 Å². The molecule has 0 saturated carbocycles. The SMILES string of the molecule is COc1cc(C#N)ccc1NC(=O)C1(N)CCOC1. The van der Waals surface area contributed by atoms with E-state index >= 15 is 0 Å². The molecule has 6 nitrogen and oxygen atoms in total. The Kier molecular flexibility index (Phi) is 3.69. The summed E-state index contributed by atoms with van der Waals surface area (Å²) in [5.74, 6) is 0.114. The highest BCUT2D eigenvalue weighted by molar-refractivity contribution is 5.99. The molecular formula is C13H15N3O3. The lowest BCUT2D eigenvalue weighted by molar-refractivity contribution is -0.121. The number of methoxy groups -OCH3 is 1. The molecule has 1 amide bonds. The van der Waals surface area contributed by atoms with Crippen LogP contribution in [0.15, 0.2) is 18.2 Å². The average Bonchev–Trinajstić information content (AvgIpc) is 2.87. The van der Waals surface area contributed by atoms with Crippen LogP contribution < -0.4 is 15.8 Å². The van der Waals surface area contributed by atoms with Crippen molar-refractivity contribution >= 4 is 11.6 Å². The third-order valence-electron chi connectivity index (χ3n) is 3.08. The molecule has 1 heterocycles. The molecule has 0 aromatic heterocycles. The van der Waals surface area contributed by atoms with Gasteiger partial charge < -0.3 is 20.5 Å². The van der Waals surface area contributed by atoms with Crippen molar-refractivity contribution in [1.82, 2.24) is 0 Å². The molecule has 1 unspecified atom stereocenters. The van der Waals surface area contributed by atoms with Gasteiger partial charge in [-0.05, 0) is 18.6 Å². The monoisotopic (exact) mass is 261 g/mol. The van der Waals surface area contributed by atoms with Crippen molar-refractivity contribution < 1.29 is 14.3 Å². The molecule has 1 aliphatic heterocycles. The first-order valence-corrected chi connectivity index (χ1v) is 5.85. The van der Waals surface area contributed by atoms with E-state index < -0.39 is 5.54 Å². The van der Waals surface area contributed by atoms with Crippen LogP contribution in [0.5, 0.6) is 5.75 Å². The third kappa shape index (κ3) is 2.67. The molecule has 3 N–H and O–H groups in total. The second kappa shape index (κ2) is 5.26. The van der Waals surface area contributed by atoms with E-state index in [4.69, 9.17) is 20.5 Å². The molecule has 1 aliphatic rings. The summed E-state index contributed by atoms with van der Waals surface area (Å²) in [7, 11) is 1.48. The van der Waals surface area contributed by atoms with Crippen LogP contribution in [0.4, 0.5) is 5.69 Å². The molecule has 1 fully saturated rings. The molecule has 6 heteroatoms. The van der Waals surface area contributed by atoms with Crippen LogP contribution >= 0.6 is 0 Å². The Morgan fingerprint density at radius 2 is 2.42 bits per heavy atom. The summed E-state index contributed by atoms with van der Waals surface area (Å²) in [6.07, 6.45) is 0.484. The lowest BCUT2D eigenvalue weighted by atomic mass is 9.99. The number of nitriles is 1. The largest absolute Gasteiger partial charge is 0.495 e. The van der Waals surface area contributed by atoms with E-state index in [0.29, 0.717) is 30.0 Å². The zero-order valence-corrected chi connectivity index (χ0v) is 10.6. The zero-order chi connectivity index (χ0) is 13.9. The summed E-state index contributed by atoms with van der Waals surface area (Å²) in [6.45, 7) is 0.686. The van der Waals surface area contributed by atoms with Crippen molar-refractivity contribution in [2.24, 2.45) is 5.73 Å². The van der Waals surface area contributed by atoms with E-state index in [1.54, 1.807) is 18.2 Å². The topological polar surface area (TPSA) is 97.4 Å². The molecule has 0 radical (unpaired) electrons. The van der Waals surface area contributed by atoms with Crippen LogP contribution in [0.25, 0.3) is 0 Å². The second-order valence-corrected chi connectivity index (χ2v) is 4.44. The highest BCUT2D eigenvalue weighted by Crippen LogP contribution is 2.27. The van der Waals surface area contributed by atoms with Crippen molar-refractivity contribution in [2.45, 2.75) is 12.0 Å². The maximum atomic E-state index is 12.1. The Morgan fingerprint density at radius 1 is 1.63 bits per heavy atom. The maximum absolute atomic E-state index is 12.1. The number of ether oxygens (including phenoxy) is 2. The van der Waals surface area contributed by atoms with Gasteiger partial charge in [0.25, 0.3) is 0 Å². The first kappa shape index (κ1) is 13.3. The van der Waals surface area contributed by atoms with E-state index in [-0.39, 0.29) is 12.5 Å². The van der Waals surface area contributed by atoms with Crippen LogP contribution in [0.2, 0.25) is 0 Å². The summed E-state index contributed by atoms with van der Waals surface area (Å²) < 4.78 is 10.3. The summed E-state index contributed by atoms with van der Waals surface area (Å²) in [5, 5.41) is 11.5. The van der Waals surface area contributed by atoms with E-state index in [1.165, 1.54) is 7.11 Å². The predicted molar refractivity (Wildman–Crippen MR) is 68.7 cm³/mol. The van der Waals surface area contributed by atoms with Gasteiger partial charge in [-0.3, -0.25) is 4.79 Å². The molecule has 1 saturated heterocycles. The van der Waals surface area contributed by atoms with Gasteiger partial charge in [-0.15, -0.1) is 0 Å². The summed E-state index contributed by atoms with van der Waals surface area (Å²) in [4.78, 5) is 12.1. The van der Waals surface area contributed by atoms with Crippen molar-refractivity contribution in [3.05, 3.63) is 23.8 Å². The van der Waals surface area contributed by atoms with E-state index in [0.717, 1.165) is 0 Å². The molecule has 19 heavy (non-hydrogen) atoms. The van der Waals surface area contributed by atoms with Gasteiger partial charge >= 0.3 is 0 Å². The number of carbonyl (C=O) groups excluding carboxylic acids is 1. The number of hydrogen-bond acceptors (Lipinski definition) is 5. The van der Waals surface area contributed by atoms with Gasteiger partial charge in [-0.2, -0.15) is 5.26 Å².